The average molecular weight is 458 g/mol. The van der Waals surface area contributed by atoms with Crippen molar-refractivity contribution in [1.82, 2.24) is 5.32 Å². The Balaban J connectivity index is 1.95. The van der Waals surface area contributed by atoms with E-state index in [9.17, 15) is 27.2 Å². The first-order valence-corrected chi connectivity index (χ1v) is 8.97. The SMILES string of the molecule is C[C@](C#N)(NC(=S)c1c(F)c(F)c(F)c(F)c1F)[C@H]1Cc2cc(C#N)cc(Cl)c2O1. The molecule has 0 saturated heterocycles. The predicted molar refractivity (Wildman–Crippen MR) is 99.4 cm³/mol. The quantitative estimate of drug-likeness (QED) is 0.319. The number of hydrogen-bond donors (Lipinski definition) is 1. The Kier molecular flexibility index (Phi) is 5.59. The smallest absolute Gasteiger partial charge is 0.200 e. The minimum Gasteiger partial charge on any atom is -0.485 e. The van der Waals surface area contributed by atoms with Crippen LogP contribution in [0.15, 0.2) is 12.1 Å². The zero-order valence-corrected chi connectivity index (χ0v) is 16.5. The maximum absolute atomic E-state index is 14.1. The standard InChI is InChI=1S/C19H9ClF5N3OS/c1-19(6-27,10-4-8-2-7(5-26)3-9(20)17(8)29-10)28-18(30)11-12(21)14(23)16(25)15(24)13(11)22/h2-3,10H,4H2,1H3,(H,28,30)/t10-,19-/m1/s1. The number of nitriles is 2. The van der Waals surface area contributed by atoms with E-state index < -0.39 is 51.3 Å². The molecule has 0 bridgehead atoms. The van der Waals surface area contributed by atoms with Crippen molar-refractivity contribution in [3.05, 3.63) is 62.9 Å². The minimum absolute atomic E-state index is 0.0708. The van der Waals surface area contributed by atoms with E-state index in [2.05, 4.69) is 5.32 Å². The van der Waals surface area contributed by atoms with Crippen LogP contribution in [0, 0.1) is 51.7 Å². The molecule has 1 aliphatic rings. The Morgan fingerprint density at radius 2 is 1.70 bits per heavy atom. The summed E-state index contributed by atoms with van der Waals surface area (Å²) in [5, 5.41) is 21.1. The summed E-state index contributed by atoms with van der Waals surface area (Å²) in [6.07, 6.45) is -0.926. The Labute approximate surface area is 177 Å². The Hall–Kier alpha value is -2.95. The third-order valence-corrected chi connectivity index (χ3v) is 5.19. The highest BCUT2D eigenvalue weighted by molar-refractivity contribution is 7.80. The van der Waals surface area contributed by atoms with Crippen LogP contribution in [-0.2, 0) is 6.42 Å². The maximum atomic E-state index is 14.1. The minimum atomic E-state index is -2.32. The molecule has 3 rings (SSSR count). The molecule has 0 aromatic heterocycles. The molecule has 2 atom stereocenters. The predicted octanol–water partition coefficient (Wildman–Crippen LogP) is 4.46. The molecule has 0 amide bonds. The largest absolute Gasteiger partial charge is 0.485 e. The average Bonchev–Trinajstić information content (AvgIpc) is 3.16. The van der Waals surface area contributed by atoms with Gasteiger partial charge < -0.3 is 10.1 Å². The lowest BCUT2D eigenvalue weighted by Crippen LogP contribution is -2.55. The van der Waals surface area contributed by atoms with Crippen LogP contribution in [0.5, 0.6) is 5.75 Å². The van der Waals surface area contributed by atoms with E-state index in [1.807, 2.05) is 12.1 Å². The van der Waals surface area contributed by atoms with Gasteiger partial charge in [-0.25, -0.2) is 22.0 Å². The van der Waals surface area contributed by atoms with Crippen molar-refractivity contribution in [2.45, 2.75) is 25.0 Å². The second kappa shape index (κ2) is 7.71. The molecule has 11 heteroatoms. The van der Waals surface area contributed by atoms with Crippen molar-refractivity contribution in [2.75, 3.05) is 0 Å². The first kappa shape index (κ1) is 21.8. The fraction of sp³-hybridized carbons (Fsp3) is 0.211. The Morgan fingerprint density at radius 3 is 2.23 bits per heavy atom. The second-order valence-electron chi connectivity index (χ2n) is 6.58. The van der Waals surface area contributed by atoms with Gasteiger partial charge in [0.1, 0.15) is 16.8 Å². The van der Waals surface area contributed by atoms with Crippen LogP contribution in [0.2, 0.25) is 5.02 Å². The number of thiocarbonyl (C=S) groups is 1. The van der Waals surface area contributed by atoms with Crippen LogP contribution < -0.4 is 10.1 Å². The van der Waals surface area contributed by atoms with E-state index in [1.165, 1.54) is 19.1 Å². The van der Waals surface area contributed by atoms with E-state index in [0.29, 0.717) is 5.56 Å². The van der Waals surface area contributed by atoms with Gasteiger partial charge in [0, 0.05) is 12.0 Å². The fourth-order valence-electron chi connectivity index (χ4n) is 2.99. The second-order valence-corrected chi connectivity index (χ2v) is 7.40. The van der Waals surface area contributed by atoms with Crippen LogP contribution >= 0.6 is 23.8 Å². The van der Waals surface area contributed by atoms with E-state index in [1.54, 1.807) is 0 Å². The molecular weight excluding hydrogens is 449 g/mol. The molecule has 0 saturated carbocycles. The lowest BCUT2D eigenvalue weighted by molar-refractivity contribution is 0.162. The summed E-state index contributed by atoms with van der Waals surface area (Å²) in [7, 11) is 0. The van der Waals surface area contributed by atoms with Gasteiger partial charge >= 0.3 is 0 Å². The Morgan fingerprint density at radius 1 is 1.13 bits per heavy atom. The van der Waals surface area contributed by atoms with Crippen LogP contribution in [-0.4, -0.2) is 16.6 Å². The van der Waals surface area contributed by atoms with Gasteiger partial charge in [0.05, 0.1) is 28.3 Å². The molecule has 1 heterocycles. The highest BCUT2D eigenvalue weighted by Crippen LogP contribution is 2.39. The van der Waals surface area contributed by atoms with Gasteiger partial charge in [0.25, 0.3) is 0 Å². The fourth-order valence-corrected chi connectivity index (χ4v) is 3.66. The van der Waals surface area contributed by atoms with Crippen molar-refractivity contribution in [2.24, 2.45) is 0 Å². The van der Waals surface area contributed by atoms with Gasteiger partial charge in [-0.15, -0.1) is 0 Å². The summed E-state index contributed by atoms with van der Waals surface area (Å²) in [5.41, 5.74) is -2.34. The van der Waals surface area contributed by atoms with Crippen LogP contribution in [0.3, 0.4) is 0 Å². The summed E-state index contributed by atoms with van der Waals surface area (Å²) in [6, 6.07) is 6.63. The van der Waals surface area contributed by atoms with Crippen LogP contribution in [0.25, 0.3) is 0 Å². The molecule has 1 N–H and O–H groups in total. The van der Waals surface area contributed by atoms with Gasteiger partial charge in [0.15, 0.2) is 28.8 Å². The number of rotatable bonds is 3. The zero-order valence-electron chi connectivity index (χ0n) is 14.9. The van der Waals surface area contributed by atoms with Gasteiger partial charge in [0.2, 0.25) is 5.82 Å². The molecule has 0 unspecified atom stereocenters. The number of fused-ring (bicyclic) bond motifs is 1. The van der Waals surface area contributed by atoms with Gasteiger partial charge in [-0.3, -0.25) is 0 Å². The first-order chi connectivity index (χ1) is 14.0. The molecular formula is C19H9ClF5N3OS. The van der Waals surface area contributed by atoms with Crippen molar-refractivity contribution in [3.8, 4) is 17.9 Å². The zero-order chi connectivity index (χ0) is 22.4. The molecule has 30 heavy (non-hydrogen) atoms. The summed E-state index contributed by atoms with van der Waals surface area (Å²) in [5.74, 6) is -10.7. The molecule has 0 aliphatic carbocycles. The molecule has 1 aliphatic heterocycles. The molecule has 2 aromatic rings. The van der Waals surface area contributed by atoms with Crippen molar-refractivity contribution >= 4 is 28.8 Å². The van der Waals surface area contributed by atoms with Gasteiger partial charge in [-0.1, -0.05) is 23.8 Å². The Bertz CT molecular complexity index is 1150. The number of benzene rings is 2. The lowest BCUT2D eigenvalue weighted by atomic mass is 9.92. The van der Waals surface area contributed by atoms with Gasteiger partial charge in [-0.05, 0) is 19.1 Å². The third-order valence-electron chi connectivity index (χ3n) is 4.60. The molecule has 154 valence electrons. The molecule has 2 aromatic carbocycles. The van der Waals surface area contributed by atoms with E-state index >= 15 is 0 Å². The summed E-state index contributed by atoms with van der Waals surface area (Å²) in [4.78, 5) is -0.866. The maximum Gasteiger partial charge on any atom is 0.200 e. The van der Waals surface area contributed by atoms with E-state index in [-0.39, 0.29) is 22.8 Å². The monoisotopic (exact) mass is 457 g/mol. The van der Waals surface area contributed by atoms with E-state index in [4.69, 9.17) is 33.8 Å². The van der Waals surface area contributed by atoms with Crippen molar-refractivity contribution in [1.29, 1.82) is 10.5 Å². The summed E-state index contributed by atoms with van der Waals surface area (Å²) < 4.78 is 74.0. The number of nitrogens with one attached hydrogen (secondary N) is 1. The molecule has 0 fully saturated rings. The highest BCUT2D eigenvalue weighted by Gasteiger charge is 2.43. The molecule has 4 nitrogen and oxygen atoms in total. The topological polar surface area (TPSA) is 68.8 Å². The normalized spacial score (nSPS) is 16.6. The number of nitrogens with zero attached hydrogens (tertiary/aromatic N) is 2. The molecule has 0 spiro atoms. The van der Waals surface area contributed by atoms with Crippen LogP contribution in [0.1, 0.15) is 23.6 Å². The number of halogens is 6. The number of ether oxygens (including phenoxy) is 1. The first-order valence-electron chi connectivity index (χ1n) is 8.18. The number of hydrogen-bond acceptors (Lipinski definition) is 4. The van der Waals surface area contributed by atoms with E-state index in [0.717, 1.165) is 0 Å². The van der Waals surface area contributed by atoms with Crippen molar-refractivity contribution < 1.29 is 26.7 Å². The molecule has 0 radical (unpaired) electrons. The van der Waals surface area contributed by atoms with Crippen LogP contribution in [0.4, 0.5) is 22.0 Å². The van der Waals surface area contributed by atoms with Crippen molar-refractivity contribution in [3.63, 3.8) is 0 Å². The summed E-state index contributed by atoms with van der Waals surface area (Å²) >= 11 is 10.9. The highest BCUT2D eigenvalue weighted by atomic mass is 35.5. The summed E-state index contributed by atoms with van der Waals surface area (Å²) in [6.45, 7) is 1.28. The lowest BCUT2D eigenvalue weighted by Gasteiger charge is -2.30. The van der Waals surface area contributed by atoms with Gasteiger partial charge in [-0.2, -0.15) is 10.5 Å². The third kappa shape index (κ3) is 3.42.